The number of aliphatic hydroxyl groups excluding tert-OH is 2. The molecule has 0 saturated heterocycles. The maximum atomic E-state index is 11.9. The van der Waals surface area contributed by atoms with Gasteiger partial charge in [0.05, 0.1) is 22.9 Å². The molecule has 11 heteroatoms. The van der Waals surface area contributed by atoms with Gasteiger partial charge in [0.25, 0.3) is 0 Å². The number of hydrogen-bond donors (Lipinski definition) is 5. The zero-order chi connectivity index (χ0) is 19.3. The van der Waals surface area contributed by atoms with E-state index in [-0.39, 0.29) is 21.8 Å². The zero-order valence-corrected chi connectivity index (χ0v) is 14.0. The summed E-state index contributed by atoms with van der Waals surface area (Å²) in [5, 5.41) is 43.9. The highest BCUT2D eigenvalue weighted by Crippen LogP contribution is 2.25. The number of rotatable bonds is 7. The number of nitrogens with zero attached hydrogens (tertiary/aromatic N) is 2. The van der Waals surface area contributed by atoms with Crippen molar-refractivity contribution in [2.45, 2.75) is 11.1 Å². The first-order chi connectivity index (χ1) is 12.2. The van der Waals surface area contributed by atoms with Crippen LogP contribution in [0.3, 0.4) is 0 Å². The number of phenols is 1. The molecule has 138 valence electrons. The molecule has 0 aliphatic carbocycles. The number of nitrogens with one attached hydrogen (secondary N) is 1. The van der Waals surface area contributed by atoms with Crippen LogP contribution in [0.5, 0.6) is 5.75 Å². The first kappa shape index (κ1) is 19.5. The fraction of sp³-hybridized carbons (Fsp3) is 0.133. The van der Waals surface area contributed by atoms with Gasteiger partial charge in [-0.05, 0) is 42.5 Å². The molecule has 2 aromatic rings. The fourth-order valence-corrected chi connectivity index (χ4v) is 2.91. The zero-order valence-electron chi connectivity index (χ0n) is 13.1. The van der Waals surface area contributed by atoms with Crippen molar-refractivity contribution < 1.29 is 33.6 Å². The number of aromatic hydroxyl groups is 1. The van der Waals surface area contributed by atoms with Crippen molar-refractivity contribution in [3.8, 4) is 5.75 Å². The summed E-state index contributed by atoms with van der Waals surface area (Å²) in [5.41, 5.74) is 0.151. The second-order valence-electron chi connectivity index (χ2n) is 5.02. The third-order valence-corrected chi connectivity index (χ3v) is 4.58. The molecule has 1 atom stereocenters. The highest BCUT2D eigenvalue weighted by atomic mass is 32.2. The number of aromatic carboxylic acids is 1. The van der Waals surface area contributed by atoms with Crippen molar-refractivity contribution in [2.24, 2.45) is 10.2 Å². The summed E-state index contributed by atoms with van der Waals surface area (Å²) >= 11 is 0. The van der Waals surface area contributed by atoms with E-state index in [9.17, 15) is 18.3 Å². The van der Waals surface area contributed by atoms with Crippen LogP contribution in [-0.2, 0) is 10.0 Å². The Bertz CT molecular complexity index is 927. The number of benzene rings is 2. The molecule has 0 amide bonds. The minimum Gasteiger partial charge on any atom is -0.507 e. The lowest BCUT2D eigenvalue weighted by molar-refractivity contribution is 0.0693. The summed E-state index contributed by atoms with van der Waals surface area (Å²) in [6.07, 6.45) is -1.61. The molecule has 0 heterocycles. The fourth-order valence-electron chi connectivity index (χ4n) is 1.85. The summed E-state index contributed by atoms with van der Waals surface area (Å²) in [6.45, 7) is -0.767. The van der Waals surface area contributed by atoms with Gasteiger partial charge in [-0.15, -0.1) is 0 Å². The van der Waals surface area contributed by atoms with Crippen LogP contribution in [-0.4, -0.2) is 47.6 Å². The van der Waals surface area contributed by atoms with Crippen LogP contribution in [0.1, 0.15) is 10.4 Å². The van der Waals surface area contributed by atoms with Crippen LogP contribution >= 0.6 is 0 Å². The molecule has 5 N–H and O–H groups in total. The van der Waals surface area contributed by atoms with E-state index in [1.165, 1.54) is 36.4 Å². The normalized spacial score (nSPS) is 13.0. The lowest BCUT2D eigenvalue weighted by Gasteiger charge is -2.10. The Morgan fingerprint density at radius 1 is 1.08 bits per heavy atom. The summed E-state index contributed by atoms with van der Waals surface area (Å²) < 4.78 is 25.7. The Morgan fingerprint density at radius 3 is 2.23 bits per heavy atom. The predicted molar refractivity (Wildman–Crippen MR) is 89.1 cm³/mol. The predicted octanol–water partition coefficient (Wildman–Crippen LogP) is 1.09. The molecule has 0 aromatic heterocycles. The van der Waals surface area contributed by atoms with Gasteiger partial charge in [-0.3, -0.25) is 0 Å². The van der Waals surface area contributed by atoms with Crippen molar-refractivity contribution in [2.75, 3.05) is 6.61 Å². The molecular weight excluding hydrogens is 366 g/mol. The number of carboxylic acid groups (broad SMARTS) is 1. The van der Waals surface area contributed by atoms with E-state index in [0.717, 1.165) is 6.07 Å². The van der Waals surface area contributed by atoms with E-state index in [2.05, 4.69) is 10.2 Å². The van der Waals surface area contributed by atoms with Crippen LogP contribution in [0, 0.1) is 0 Å². The van der Waals surface area contributed by atoms with Crippen LogP contribution in [0.15, 0.2) is 57.6 Å². The third-order valence-electron chi connectivity index (χ3n) is 3.10. The molecule has 0 bridgehead atoms. The van der Waals surface area contributed by atoms with E-state index in [4.69, 9.17) is 15.3 Å². The first-order valence-corrected chi connectivity index (χ1v) is 8.60. The number of aliphatic hydroxyl groups is 2. The van der Waals surface area contributed by atoms with E-state index in [1.807, 2.05) is 4.72 Å². The Labute approximate surface area is 148 Å². The minimum absolute atomic E-state index is 0.151. The van der Waals surface area contributed by atoms with Crippen LogP contribution < -0.4 is 4.72 Å². The van der Waals surface area contributed by atoms with Gasteiger partial charge in [0.1, 0.15) is 17.5 Å². The second kappa shape index (κ2) is 8.01. The largest absolute Gasteiger partial charge is 0.507 e. The Morgan fingerprint density at radius 2 is 1.65 bits per heavy atom. The quantitative estimate of drug-likeness (QED) is 0.353. The second-order valence-corrected chi connectivity index (χ2v) is 6.73. The summed E-state index contributed by atoms with van der Waals surface area (Å²) in [5.74, 6) is -1.71. The number of carbonyl (C=O) groups is 1. The van der Waals surface area contributed by atoms with Crippen molar-refractivity contribution in [3.63, 3.8) is 0 Å². The van der Waals surface area contributed by atoms with Gasteiger partial charge in [-0.25, -0.2) is 13.2 Å². The Kier molecular flexibility index (Phi) is 6.00. The molecule has 2 rings (SSSR count). The Hall–Kier alpha value is -2.86. The van der Waals surface area contributed by atoms with Gasteiger partial charge in [-0.2, -0.15) is 15.0 Å². The molecule has 26 heavy (non-hydrogen) atoms. The van der Waals surface area contributed by atoms with Gasteiger partial charge < -0.3 is 20.4 Å². The van der Waals surface area contributed by atoms with Crippen molar-refractivity contribution >= 4 is 27.4 Å². The smallest absolute Gasteiger partial charge is 0.339 e. The van der Waals surface area contributed by atoms with Gasteiger partial charge in [0.15, 0.2) is 0 Å². The van der Waals surface area contributed by atoms with E-state index >= 15 is 0 Å². The monoisotopic (exact) mass is 381 g/mol. The summed E-state index contributed by atoms with van der Waals surface area (Å²) in [4.78, 5) is 10.8. The van der Waals surface area contributed by atoms with Gasteiger partial charge in [-0.1, -0.05) is 0 Å². The molecule has 2 aromatic carbocycles. The van der Waals surface area contributed by atoms with Gasteiger partial charge >= 0.3 is 5.97 Å². The van der Waals surface area contributed by atoms with Crippen LogP contribution in [0.25, 0.3) is 0 Å². The topological polar surface area (TPSA) is 169 Å². The SMILES string of the molecule is O=C(O)c1cc(N=Nc2ccc(S(=O)(=O)NC(O)CO)cc2)ccc1O. The molecule has 1 unspecified atom stereocenters. The first-order valence-electron chi connectivity index (χ1n) is 7.12. The van der Waals surface area contributed by atoms with E-state index < -0.39 is 34.6 Å². The maximum Gasteiger partial charge on any atom is 0.339 e. The Balaban J connectivity index is 2.18. The lowest BCUT2D eigenvalue weighted by atomic mass is 10.2. The lowest BCUT2D eigenvalue weighted by Crippen LogP contribution is -2.37. The highest BCUT2D eigenvalue weighted by Gasteiger charge is 2.17. The standard InChI is InChI=1S/C15H15N3O7S/c19-8-14(21)18-26(24,25)11-4-1-9(2-5-11)16-17-10-3-6-13(20)12(7-10)15(22)23/h1-7,14,18-21H,8H2,(H,22,23). The average molecular weight is 381 g/mol. The molecule has 0 aliphatic rings. The number of azo groups is 1. The molecular formula is C15H15N3O7S. The summed E-state index contributed by atoms with van der Waals surface area (Å²) in [6, 6.07) is 8.82. The van der Waals surface area contributed by atoms with E-state index in [0.29, 0.717) is 0 Å². The highest BCUT2D eigenvalue weighted by molar-refractivity contribution is 7.89. The number of hydrogen-bond acceptors (Lipinski definition) is 8. The molecule has 0 spiro atoms. The number of sulfonamides is 1. The molecule has 10 nitrogen and oxygen atoms in total. The molecule has 0 radical (unpaired) electrons. The van der Waals surface area contributed by atoms with Crippen molar-refractivity contribution in [1.82, 2.24) is 4.72 Å². The molecule has 0 saturated carbocycles. The summed E-state index contributed by atoms with van der Waals surface area (Å²) in [7, 11) is -4.00. The van der Waals surface area contributed by atoms with Crippen LogP contribution in [0.2, 0.25) is 0 Å². The van der Waals surface area contributed by atoms with Gasteiger partial charge in [0, 0.05) is 0 Å². The average Bonchev–Trinajstić information content (AvgIpc) is 2.60. The van der Waals surface area contributed by atoms with E-state index in [1.54, 1.807) is 0 Å². The third kappa shape index (κ3) is 4.83. The maximum absolute atomic E-state index is 11.9. The molecule has 0 aliphatic heterocycles. The molecule has 0 fully saturated rings. The van der Waals surface area contributed by atoms with Crippen LogP contribution in [0.4, 0.5) is 11.4 Å². The van der Waals surface area contributed by atoms with Gasteiger partial charge in [0.2, 0.25) is 10.0 Å². The minimum atomic E-state index is -4.00. The van der Waals surface area contributed by atoms with Crippen molar-refractivity contribution in [1.29, 1.82) is 0 Å². The number of carboxylic acids is 1. The van der Waals surface area contributed by atoms with Crippen molar-refractivity contribution in [3.05, 3.63) is 48.0 Å².